The van der Waals surface area contributed by atoms with Gasteiger partial charge in [0.2, 0.25) is 0 Å². The Morgan fingerprint density at radius 2 is 1.95 bits per heavy atom. The van der Waals surface area contributed by atoms with E-state index < -0.39 is 0 Å². The van der Waals surface area contributed by atoms with E-state index in [2.05, 4.69) is 11.2 Å². The monoisotopic (exact) mass is 315 g/mol. The number of thiophene rings is 1. The van der Waals surface area contributed by atoms with Crippen molar-refractivity contribution in [2.75, 3.05) is 14.2 Å². The van der Waals surface area contributed by atoms with Gasteiger partial charge in [-0.25, -0.2) is 4.68 Å². The molecule has 114 valence electrons. The molecule has 0 fully saturated rings. The van der Waals surface area contributed by atoms with Gasteiger partial charge >= 0.3 is 0 Å². The molecule has 0 bridgehead atoms. The SMILES string of the molecule is COc1ccc(-n2nc(CN)cc2-c2cccs2)cc1OC. The van der Waals surface area contributed by atoms with Crippen molar-refractivity contribution < 1.29 is 9.47 Å². The molecule has 6 heteroatoms. The normalized spacial score (nSPS) is 10.7. The topological polar surface area (TPSA) is 62.3 Å². The Hall–Kier alpha value is -2.31. The summed E-state index contributed by atoms with van der Waals surface area (Å²) in [4.78, 5) is 1.14. The van der Waals surface area contributed by atoms with E-state index in [1.807, 2.05) is 40.4 Å². The van der Waals surface area contributed by atoms with Crippen molar-refractivity contribution in [3.63, 3.8) is 0 Å². The minimum atomic E-state index is 0.401. The van der Waals surface area contributed by atoms with Gasteiger partial charge in [-0.05, 0) is 29.6 Å². The molecule has 2 N–H and O–H groups in total. The molecule has 0 aliphatic rings. The Balaban J connectivity index is 2.13. The van der Waals surface area contributed by atoms with Crippen molar-refractivity contribution in [2.24, 2.45) is 5.73 Å². The Morgan fingerprint density at radius 1 is 1.14 bits per heavy atom. The third-order valence-electron chi connectivity index (χ3n) is 3.35. The van der Waals surface area contributed by atoms with E-state index in [0.717, 1.165) is 22.0 Å². The van der Waals surface area contributed by atoms with Crippen LogP contribution in [0.15, 0.2) is 41.8 Å². The van der Waals surface area contributed by atoms with Crippen molar-refractivity contribution in [3.8, 4) is 27.8 Å². The number of aromatic nitrogens is 2. The van der Waals surface area contributed by atoms with Crippen molar-refractivity contribution >= 4 is 11.3 Å². The lowest BCUT2D eigenvalue weighted by Gasteiger charge is -2.11. The van der Waals surface area contributed by atoms with Gasteiger partial charge in [0.15, 0.2) is 11.5 Å². The average molecular weight is 315 g/mol. The van der Waals surface area contributed by atoms with Crippen LogP contribution >= 0.6 is 11.3 Å². The second-order valence-corrected chi connectivity index (χ2v) is 5.60. The highest BCUT2D eigenvalue weighted by atomic mass is 32.1. The molecule has 3 aromatic rings. The zero-order valence-electron chi connectivity index (χ0n) is 12.4. The van der Waals surface area contributed by atoms with Gasteiger partial charge in [0, 0.05) is 12.6 Å². The summed E-state index contributed by atoms with van der Waals surface area (Å²) < 4.78 is 12.5. The predicted octanol–water partition coefficient (Wildman–Crippen LogP) is 3.08. The van der Waals surface area contributed by atoms with Crippen LogP contribution in [-0.4, -0.2) is 24.0 Å². The molecule has 0 aliphatic heterocycles. The number of hydrogen-bond acceptors (Lipinski definition) is 5. The van der Waals surface area contributed by atoms with Crippen LogP contribution in [0.3, 0.4) is 0 Å². The summed E-state index contributed by atoms with van der Waals surface area (Å²) in [5.74, 6) is 1.36. The minimum absolute atomic E-state index is 0.401. The third-order valence-corrected chi connectivity index (χ3v) is 4.25. The maximum absolute atomic E-state index is 5.75. The van der Waals surface area contributed by atoms with E-state index in [1.54, 1.807) is 25.6 Å². The van der Waals surface area contributed by atoms with Gasteiger partial charge < -0.3 is 15.2 Å². The highest BCUT2D eigenvalue weighted by Crippen LogP contribution is 2.32. The van der Waals surface area contributed by atoms with Gasteiger partial charge in [-0.3, -0.25) is 0 Å². The molecular formula is C16H17N3O2S. The van der Waals surface area contributed by atoms with Crippen molar-refractivity contribution in [1.29, 1.82) is 0 Å². The van der Waals surface area contributed by atoms with Crippen LogP contribution in [0, 0.1) is 0 Å². The average Bonchev–Trinajstić information content (AvgIpc) is 3.22. The molecule has 0 atom stereocenters. The zero-order chi connectivity index (χ0) is 15.5. The van der Waals surface area contributed by atoms with E-state index >= 15 is 0 Å². The van der Waals surface area contributed by atoms with Crippen LogP contribution in [0.1, 0.15) is 5.69 Å². The number of benzene rings is 1. The van der Waals surface area contributed by atoms with Crippen LogP contribution < -0.4 is 15.2 Å². The molecule has 3 rings (SSSR count). The Morgan fingerprint density at radius 3 is 2.59 bits per heavy atom. The van der Waals surface area contributed by atoms with E-state index in [1.165, 1.54) is 0 Å². The molecule has 0 spiro atoms. The highest BCUT2D eigenvalue weighted by molar-refractivity contribution is 7.13. The first kappa shape index (κ1) is 14.6. The first-order valence-corrected chi connectivity index (χ1v) is 7.70. The van der Waals surface area contributed by atoms with Crippen molar-refractivity contribution in [2.45, 2.75) is 6.54 Å². The molecule has 5 nitrogen and oxygen atoms in total. The second kappa shape index (κ2) is 6.21. The number of methoxy groups -OCH3 is 2. The van der Waals surface area contributed by atoms with Crippen LogP contribution in [-0.2, 0) is 6.54 Å². The van der Waals surface area contributed by atoms with Gasteiger partial charge in [0.1, 0.15) is 0 Å². The fourth-order valence-electron chi connectivity index (χ4n) is 2.28. The Labute approximate surface area is 132 Å². The number of nitrogens with two attached hydrogens (primary N) is 1. The second-order valence-electron chi connectivity index (χ2n) is 4.65. The van der Waals surface area contributed by atoms with Gasteiger partial charge in [0.25, 0.3) is 0 Å². The van der Waals surface area contributed by atoms with Gasteiger partial charge in [0.05, 0.1) is 36.2 Å². The van der Waals surface area contributed by atoms with Gasteiger partial charge in [-0.15, -0.1) is 11.3 Å². The summed E-state index contributed by atoms with van der Waals surface area (Å²) in [6.07, 6.45) is 0. The fraction of sp³-hybridized carbons (Fsp3) is 0.188. The Bertz CT molecular complexity index is 766. The predicted molar refractivity (Wildman–Crippen MR) is 87.9 cm³/mol. The van der Waals surface area contributed by atoms with Crippen molar-refractivity contribution in [1.82, 2.24) is 9.78 Å². The fourth-order valence-corrected chi connectivity index (χ4v) is 3.01. The largest absolute Gasteiger partial charge is 0.493 e. The molecule has 0 saturated carbocycles. The van der Waals surface area contributed by atoms with Crippen LogP contribution in [0.2, 0.25) is 0 Å². The summed E-state index contributed by atoms with van der Waals surface area (Å²) in [6, 6.07) is 11.8. The molecule has 2 aromatic heterocycles. The summed E-state index contributed by atoms with van der Waals surface area (Å²) in [7, 11) is 3.24. The molecule has 22 heavy (non-hydrogen) atoms. The maximum atomic E-state index is 5.75. The van der Waals surface area contributed by atoms with E-state index in [4.69, 9.17) is 15.2 Å². The van der Waals surface area contributed by atoms with E-state index in [9.17, 15) is 0 Å². The van der Waals surface area contributed by atoms with Gasteiger partial charge in [-0.1, -0.05) is 6.07 Å². The molecule has 0 amide bonds. The molecule has 1 aromatic carbocycles. The smallest absolute Gasteiger partial charge is 0.162 e. The highest BCUT2D eigenvalue weighted by Gasteiger charge is 2.14. The lowest BCUT2D eigenvalue weighted by Crippen LogP contribution is -2.02. The minimum Gasteiger partial charge on any atom is -0.493 e. The van der Waals surface area contributed by atoms with Gasteiger partial charge in [-0.2, -0.15) is 5.10 Å². The molecule has 2 heterocycles. The molecule has 0 radical (unpaired) electrons. The molecule has 0 aliphatic carbocycles. The lowest BCUT2D eigenvalue weighted by atomic mass is 10.2. The van der Waals surface area contributed by atoms with Crippen LogP contribution in [0.4, 0.5) is 0 Å². The van der Waals surface area contributed by atoms with E-state index in [-0.39, 0.29) is 0 Å². The lowest BCUT2D eigenvalue weighted by molar-refractivity contribution is 0.355. The van der Waals surface area contributed by atoms with Crippen LogP contribution in [0.25, 0.3) is 16.3 Å². The first-order valence-electron chi connectivity index (χ1n) is 6.82. The van der Waals surface area contributed by atoms with E-state index in [0.29, 0.717) is 18.0 Å². The Kier molecular flexibility index (Phi) is 4.13. The number of hydrogen-bond donors (Lipinski definition) is 1. The molecule has 0 saturated heterocycles. The third kappa shape index (κ3) is 2.58. The number of ether oxygens (including phenoxy) is 2. The summed E-state index contributed by atoms with van der Waals surface area (Å²) in [5.41, 5.74) is 8.51. The zero-order valence-corrected chi connectivity index (χ0v) is 13.3. The number of nitrogens with zero attached hydrogens (tertiary/aromatic N) is 2. The summed E-state index contributed by atoms with van der Waals surface area (Å²) >= 11 is 1.67. The molecule has 0 unspecified atom stereocenters. The summed E-state index contributed by atoms with van der Waals surface area (Å²) in [5, 5.41) is 6.63. The summed E-state index contributed by atoms with van der Waals surface area (Å²) in [6.45, 7) is 0.401. The maximum Gasteiger partial charge on any atom is 0.162 e. The van der Waals surface area contributed by atoms with Crippen molar-refractivity contribution in [3.05, 3.63) is 47.5 Å². The molecular weight excluding hydrogens is 298 g/mol. The quantitative estimate of drug-likeness (QED) is 0.786. The first-order chi connectivity index (χ1) is 10.8. The standard InChI is InChI=1S/C16H17N3O2S/c1-20-14-6-5-12(9-15(14)21-2)19-13(8-11(10-17)18-19)16-4-3-7-22-16/h3-9H,10,17H2,1-2H3. The number of rotatable bonds is 5. The van der Waals surface area contributed by atoms with Crippen LogP contribution in [0.5, 0.6) is 11.5 Å².